The van der Waals surface area contributed by atoms with E-state index in [9.17, 15) is 9.18 Å². The highest BCUT2D eigenvalue weighted by Crippen LogP contribution is 2.32. The van der Waals surface area contributed by atoms with Crippen molar-refractivity contribution in [2.75, 3.05) is 13.2 Å². The van der Waals surface area contributed by atoms with E-state index in [-0.39, 0.29) is 11.8 Å². The van der Waals surface area contributed by atoms with Crippen molar-refractivity contribution in [2.24, 2.45) is 4.99 Å². The first kappa shape index (κ1) is 22.2. The van der Waals surface area contributed by atoms with Gasteiger partial charge in [-0.05, 0) is 29.2 Å². The summed E-state index contributed by atoms with van der Waals surface area (Å²) in [4.78, 5) is 14.2. The Bertz CT molecular complexity index is 801. The molecule has 150 valence electrons. The van der Waals surface area contributed by atoms with Crippen LogP contribution in [0.2, 0.25) is 0 Å². The van der Waals surface area contributed by atoms with Gasteiger partial charge in [0.1, 0.15) is 12.7 Å². The number of rotatable bonds is 8. The van der Waals surface area contributed by atoms with Gasteiger partial charge in [-0.2, -0.15) is 0 Å². The molecule has 0 bridgehead atoms. The van der Waals surface area contributed by atoms with E-state index in [1.807, 2.05) is 49.4 Å². The molecule has 1 heterocycles. The van der Waals surface area contributed by atoms with E-state index >= 15 is 0 Å². The quantitative estimate of drug-likeness (QED) is 0.473. The van der Waals surface area contributed by atoms with Gasteiger partial charge in [0, 0.05) is 13.5 Å². The van der Waals surface area contributed by atoms with Crippen molar-refractivity contribution in [3.63, 3.8) is 0 Å². The number of nitrogens with one attached hydrogen (secondary N) is 1. The van der Waals surface area contributed by atoms with Crippen LogP contribution < -0.4 is 5.32 Å². The van der Waals surface area contributed by atoms with Crippen LogP contribution in [0.15, 0.2) is 59.6 Å². The van der Waals surface area contributed by atoms with E-state index in [4.69, 9.17) is 27.9 Å². The van der Waals surface area contributed by atoms with Crippen molar-refractivity contribution in [3.05, 3.63) is 65.8 Å². The van der Waals surface area contributed by atoms with Crippen molar-refractivity contribution in [2.45, 2.75) is 30.8 Å². The van der Waals surface area contributed by atoms with E-state index in [1.165, 1.54) is 6.92 Å². The number of ether oxygens (including phenoxy) is 1. The van der Waals surface area contributed by atoms with Gasteiger partial charge < -0.3 is 10.1 Å². The van der Waals surface area contributed by atoms with Crippen LogP contribution in [0.1, 0.15) is 31.1 Å². The van der Waals surface area contributed by atoms with Crippen molar-refractivity contribution < 1.29 is 13.9 Å². The van der Waals surface area contributed by atoms with Crippen LogP contribution >= 0.6 is 23.2 Å². The summed E-state index contributed by atoms with van der Waals surface area (Å²) in [5.74, 6) is 0.0649. The molecule has 2 rings (SSSR count). The van der Waals surface area contributed by atoms with E-state index in [2.05, 4.69) is 16.9 Å². The maximum Gasteiger partial charge on any atom is 0.218 e. The molecular formula is C21H23Cl2FN2O2. The summed E-state index contributed by atoms with van der Waals surface area (Å²) >= 11 is 11.6. The summed E-state index contributed by atoms with van der Waals surface area (Å²) in [6, 6.07) is 6.83. The molecule has 7 heteroatoms. The second-order valence-corrected chi connectivity index (χ2v) is 7.38. The standard InChI is InChI=1S/C21H23Cl2FN2O2/c1-4-15(12-25-14(3)27)6-5-13(2)16-7-9-17(10-8-16)19-18(11-24)26-21(28-19)20(22)23/h4-10,18-20H,2,11-12H2,1,3H3,(H,25,27). The van der Waals surface area contributed by atoms with Crippen molar-refractivity contribution in [1.82, 2.24) is 5.32 Å². The molecule has 1 aromatic carbocycles. The van der Waals surface area contributed by atoms with Crippen LogP contribution in [0.5, 0.6) is 0 Å². The highest BCUT2D eigenvalue weighted by atomic mass is 35.5. The van der Waals surface area contributed by atoms with Gasteiger partial charge in [-0.25, -0.2) is 9.38 Å². The largest absolute Gasteiger partial charge is 0.468 e. The van der Waals surface area contributed by atoms with Crippen molar-refractivity contribution in [1.29, 1.82) is 0 Å². The molecule has 1 aliphatic rings. The number of allylic oxidation sites excluding steroid dienone is 3. The first-order valence-corrected chi connectivity index (χ1v) is 9.68. The Morgan fingerprint density at radius 1 is 1.36 bits per heavy atom. The van der Waals surface area contributed by atoms with Gasteiger partial charge in [0.25, 0.3) is 0 Å². The third-order valence-corrected chi connectivity index (χ3v) is 4.63. The van der Waals surface area contributed by atoms with Gasteiger partial charge in [-0.15, -0.1) is 0 Å². The van der Waals surface area contributed by atoms with Crippen LogP contribution in [0.3, 0.4) is 0 Å². The zero-order valence-corrected chi connectivity index (χ0v) is 17.3. The normalized spacial score (nSPS) is 19.6. The first-order chi connectivity index (χ1) is 13.3. The van der Waals surface area contributed by atoms with Gasteiger partial charge in [-0.1, -0.05) is 72.3 Å². The minimum absolute atomic E-state index is 0.0790. The summed E-state index contributed by atoms with van der Waals surface area (Å²) in [6.45, 7) is 7.26. The summed E-state index contributed by atoms with van der Waals surface area (Å²) in [6.07, 6.45) is 5.17. The molecule has 1 aromatic rings. The topological polar surface area (TPSA) is 50.7 Å². The Morgan fingerprint density at radius 2 is 2.04 bits per heavy atom. The third-order valence-electron chi connectivity index (χ3n) is 4.26. The monoisotopic (exact) mass is 424 g/mol. The Kier molecular flexibility index (Phi) is 8.27. The van der Waals surface area contributed by atoms with E-state index < -0.39 is 23.7 Å². The van der Waals surface area contributed by atoms with Gasteiger partial charge >= 0.3 is 0 Å². The maximum absolute atomic E-state index is 13.3. The van der Waals surface area contributed by atoms with Crippen LogP contribution in [0, 0.1) is 0 Å². The molecule has 0 radical (unpaired) electrons. The second kappa shape index (κ2) is 10.4. The summed E-state index contributed by atoms with van der Waals surface area (Å²) in [5.41, 5.74) is 3.48. The lowest BCUT2D eigenvalue weighted by Gasteiger charge is -2.16. The lowest BCUT2D eigenvalue weighted by molar-refractivity contribution is -0.118. The van der Waals surface area contributed by atoms with Gasteiger partial charge in [0.15, 0.2) is 10.9 Å². The third kappa shape index (κ3) is 5.94. The smallest absolute Gasteiger partial charge is 0.218 e. The molecule has 0 saturated heterocycles. The molecule has 0 saturated carbocycles. The van der Waals surface area contributed by atoms with Gasteiger partial charge in [0.2, 0.25) is 11.8 Å². The maximum atomic E-state index is 13.3. The van der Waals surface area contributed by atoms with Crippen molar-refractivity contribution >= 4 is 40.6 Å². The lowest BCUT2D eigenvalue weighted by atomic mass is 9.99. The van der Waals surface area contributed by atoms with Crippen LogP contribution in [0.4, 0.5) is 4.39 Å². The first-order valence-electron chi connectivity index (χ1n) is 8.81. The predicted octanol–water partition coefficient (Wildman–Crippen LogP) is 4.95. The zero-order chi connectivity index (χ0) is 20.7. The molecule has 0 spiro atoms. The zero-order valence-electron chi connectivity index (χ0n) is 15.8. The minimum atomic E-state index is -0.915. The van der Waals surface area contributed by atoms with Crippen molar-refractivity contribution in [3.8, 4) is 0 Å². The molecule has 1 aliphatic heterocycles. The Morgan fingerprint density at radius 3 is 2.57 bits per heavy atom. The van der Waals surface area contributed by atoms with E-state index in [0.717, 1.165) is 22.3 Å². The predicted molar refractivity (Wildman–Crippen MR) is 114 cm³/mol. The number of carbonyl (C=O) groups is 1. The SMILES string of the molecule is C=C(C=CC(=CC)CNC(C)=O)c1ccc(C2OC(C(Cl)Cl)=NC2CF)cc1. The molecule has 28 heavy (non-hydrogen) atoms. The fraction of sp³-hybridized carbons (Fsp3) is 0.333. The number of benzene rings is 1. The van der Waals surface area contributed by atoms with Crippen LogP contribution in [-0.2, 0) is 9.53 Å². The summed E-state index contributed by atoms with van der Waals surface area (Å²) in [5, 5.41) is 2.76. The molecule has 0 fully saturated rings. The van der Waals surface area contributed by atoms with E-state index in [0.29, 0.717) is 6.54 Å². The molecule has 1 amide bonds. The molecule has 1 N–H and O–H groups in total. The molecule has 2 unspecified atom stereocenters. The molecule has 4 nitrogen and oxygen atoms in total. The fourth-order valence-corrected chi connectivity index (χ4v) is 2.87. The molecular weight excluding hydrogens is 402 g/mol. The van der Waals surface area contributed by atoms with Crippen LogP contribution in [-0.4, -0.2) is 35.9 Å². The number of carbonyl (C=O) groups excluding carboxylic acids is 1. The average molecular weight is 425 g/mol. The number of aliphatic imine (C=N–C) groups is 1. The number of nitrogens with zero attached hydrogens (tertiary/aromatic N) is 1. The Hall–Kier alpha value is -2.11. The average Bonchev–Trinajstić information content (AvgIpc) is 3.12. The number of hydrogen-bond acceptors (Lipinski definition) is 3. The molecule has 0 aromatic heterocycles. The minimum Gasteiger partial charge on any atom is -0.468 e. The number of amides is 1. The molecule has 0 aliphatic carbocycles. The van der Waals surface area contributed by atoms with Crippen LogP contribution in [0.25, 0.3) is 5.57 Å². The van der Waals surface area contributed by atoms with Gasteiger partial charge in [-0.3, -0.25) is 4.79 Å². The number of hydrogen-bond donors (Lipinski definition) is 1. The Labute approximate surface area is 174 Å². The highest BCUT2D eigenvalue weighted by Gasteiger charge is 2.34. The molecule has 2 atom stereocenters. The Balaban J connectivity index is 2.05. The second-order valence-electron chi connectivity index (χ2n) is 6.28. The highest BCUT2D eigenvalue weighted by molar-refractivity contribution is 6.53. The number of halogens is 3. The van der Waals surface area contributed by atoms with Gasteiger partial charge in [0.05, 0.1) is 0 Å². The fourth-order valence-electron chi connectivity index (χ4n) is 2.66. The number of alkyl halides is 3. The van der Waals surface area contributed by atoms with E-state index in [1.54, 1.807) is 0 Å². The summed E-state index contributed by atoms with van der Waals surface area (Å²) < 4.78 is 18.9. The lowest BCUT2D eigenvalue weighted by Crippen LogP contribution is -2.21. The summed E-state index contributed by atoms with van der Waals surface area (Å²) in [7, 11) is 0.